The predicted molar refractivity (Wildman–Crippen MR) is 54.8 cm³/mol. The Hall–Kier alpha value is 0.270. The topological polar surface area (TPSA) is 15.3 Å². The summed E-state index contributed by atoms with van der Waals surface area (Å²) in [6.07, 6.45) is 2.77. The molecular weight excluding hydrogens is 168 g/mol. The summed E-state index contributed by atoms with van der Waals surface area (Å²) in [6, 6.07) is 0.799. The predicted octanol–water partition coefficient (Wildman–Crippen LogP) is 0.787. The third-order valence-electron chi connectivity index (χ3n) is 2.74. The number of hydrogen-bond donors (Lipinski definition) is 1. The van der Waals surface area contributed by atoms with E-state index in [1.807, 2.05) is 0 Å². The van der Waals surface area contributed by atoms with E-state index in [1.54, 1.807) is 0 Å². The minimum Gasteiger partial charge on any atom is -0.313 e. The molecule has 1 atom stereocenters. The number of nitrogens with one attached hydrogen (secondary N) is 1. The lowest BCUT2D eigenvalue weighted by Crippen LogP contribution is -2.41. The van der Waals surface area contributed by atoms with Crippen LogP contribution in [0.3, 0.4) is 0 Å². The van der Waals surface area contributed by atoms with Crippen LogP contribution in [0.5, 0.6) is 0 Å². The smallest absolute Gasteiger partial charge is 0.0195 e. The minimum absolute atomic E-state index is 0.799. The first-order valence-electron chi connectivity index (χ1n) is 4.98. The van der Waals surface area contributed by atoms with Crippen LogP contribution in [-0.4, -0.2) is 48.6 Å². The summed E-state index contributed by atoms with van der Waals surface area (Å²) in [5, 5.41) is 3.56. The molecule has 2 saturated heterocycles. The van der Waals surface area contributed by atoms with Gasteiger partial charge in [0.05, 0.1) is 0 Å². The lowest BCUT2D eigenvalue weighted by Gasteiger charge is -2.28. The average molecular weight is 186 g/mol. The Morgan fingerprint density at radius 2 is 2.17 bits per heavy atom. The zero-order chi connectivity index (χ0) is 8.23. The van der Waals surface area contributed by atoms with Crippen LogP contribution >= 0.6 is 11.8 Å². The Morgan fingerprint density at radius 3 is 2.83 bits per heavy atom. The standard InChI is InChI=1S/C9H18N2S/c1-2-9(10-3-1)8-11-4-6-12-7-5-11/h9-10H,1-8H2. The van der Waals surface area contributed by atoms with Gasteiger partial charge < -0.3 is 10.2 Å². The van der Waals surface area contributed by atoms with Crippen LogP contribution in [0.2, 0.25) is 0 Å². The molecule has 2 aliphatic heterocycles. The van der Waals surface area contributed by atoms with Crippen molar-refractivity contribution in [3.8, 4) is 0 Å². The molecule has 0 bridgehead atoms. The first kappa shape index (κ1) is 8.85. The van der Waals surface area contributed by atoms with Gasteiger partial charge in [0.25, 0.3) is 0 Å². The first-order valence-corrected chi connectivity index (χ1v) is 6.14. The van der Waals surface area contributed by atoms with Crippen LogP contribution in [-0.2, 0) is 0 Å². The van der Waals surface area contributed by atoms with Crippen molar-refractivity contribution in [3.05, 3.63) is 0 Å². The van der Waals surface area contributed by atoms with Crippen molar-refractivity contribution < 1.29 is 0 Å². The van der Waals surface area contributed by atoms with Gasteiger partial charge in [-0.2, -0.15) is 11.8 Å². The third-order valence-corrected chi connectivity index (χ3v) is 3.69. The van der Waals surface area contributed by atoms with E-state index in [0.29, 0.717) is 0 Å². The maximum Gasteiger partial charge on any atom is 0.0195 e. The van der Waals surface area contributed by atoms with Crippen LogP contribution < -0.4 is 5.32 Å². The summed E-state index contributed by atoms with van der Waals surface area (Å²) in [5.41, 5.74) is 0. The highest BCUT2D eigenvalue weighted by molar-refractivity contribution is 7.99. The fourth-order valence-electron chi connectivity index (χ4n) is 2.01. The third kappa shape index (κ3) is 2.38. The molecule has 0 aromatic carbocycles. The Morgan fingerprint density at radius 1 is 1.33 bits per heavy atom. The summed E-state index contributed by atoms with van der Waals surface area (Å²) < 4.78 is 0. The van der Waals surface area contributed by atoms with Crippen LogP contribution in [0, 0.1) is 0 Å². The van der Waals surface area contributed by atoms with Crippen molar-refractivity contribution >= 4 is 11.8 Å². The lowest BCUT2D eigenvalue weighted by molar-refractivity contribution is 0.273. The van der Waals surface area contributed by atoms with Gasteiger partial charge in [-0.15, -0.1) is 0 Å². The Labute approximate surface area is 79.1 Å². The van der Waals surface area contributed by atoms with Gasteiger partial charge in [0.2, 0.25) is 0 Å². The summed E-state index contributed by atoms with van der Waals surface area (Å²) in [7, 11) is 0. The molecule has 2 nitrogen and oxygen atoms in total. The maximum absolute atomic E-state index is 3.56. The molecule has 2 rings (SSSR count). The molecule has 2 aliphatic rings. The minimum atomic E-state index is 0.799. The quantitative estimate of drug-likeness (QED) is 0.686. The molecule has 0 aromatic rings. The maximum atomic E-state index is 3.56. The monoisotopic (exact) mass is 186 g/mol. The van der Waals surface area contributed by atoms with Gasteiger partial charge >= 0.3 is 0 Å². The molecule has 2 fully saturated rings. The Bertz CT molecular complexity index is 128. The summed E-state index contributed by atoms with van der Waals surface area (Å²) in [4.78, 5) is 2.61. The van der Waals surface area contributed by atoms with Crippen molar-refractivity contribution in [2.24, 2.45) is 0 Å². The van der Waals surface area contributed by atoms with Crippen LogP contribution in [0.4, 0.5) is 0 Å². The van der Waals surface area contributed by atoms with E-state index in [4.69, 9.17) is 0 Å². The molecule has 0 saturated carbocycles. The molecule has 2 heterocycles. The summed E-state index contributed by atoms with van der Waals surface area (Å²) >= 11 is 2.09. The van der Waals surface area contributed by atoms with Gasteiger partial charge in [-0.05, 0) is 19.4 Å². The van der Waals surface area contributed by atoms with Gasteiger partial charge in [0, 0.05) is 37.2 Å². The fraction of sp³-hybridized carbons (Fsp3) is 1.00. The van der Waals surface area contributed by atoms with E-state index in [0.717, 1.165) is 6.04 Å². The van der Waals surface area contributed by atoms with Crippen LogP contribution in [0.1, 0.15) is 12.8 Å². The SMILES string of the molecule is C1CNC(CN2CCSCC2)C1. The second kappa shape index (κ2) is 4.49. The van der Waals surface area contributed by atoms with Gasteiger partial charge in [-0.25, -0.2) is 0 Å². The van der Waals surface area contributed by atoms with Crippen LogP contribution in [0.15, 0.2) is 0 Å². The molecule has 0 amide bonds. The van der Waals surface area contributed by atoms with Crippen molar-refractivity contribution in [1.29, 1.82) is 0 Å². The zero-order valence-corrected chi connectivity index (χ0v) is 8.41. The highest BCUT2D eigenvalue weighted by atomic mass is 32.2. The molecule has 1 unspecified atom stereocenters. The van der Waals surface area contributed by atoms with Crippen LogP contribution in [0.25, 0.3) is 0 Å². The van der Waals surface area contributed by atoms with Gasteiger partial charge in [-0.1, -0.05) is 0 Å². The molecule has 0 radical (unpaired) electrons. The highest BCUT2D eigenvalue weighted by Gasteiger charge is 2.18. The molecule has 1 N–H and O–H groups in total. The molecule has 0 aliphatic carbocycles. The van der Waals surface area contributed by atoms with E-state index < -0.39 is 0 Å². The number of hydrogen-bond acceptors (Lipinski definition) is 3. The molecule has 70 valence electrons. The largest absolute Gasteiger partial charge is 0.313 e. The van der Waals surface area contributed by atoms with Gasteiger partial charge in [0.1, 0.15) is 0 Å². The van der Waals surface area contributed by atoms with E-state index in [2.05, 4.69) is 22.0 Å². The molecular formula is C9H18N2S. The number of nitrogens with zero attached hydrogens (tertiary/aromatic N) is 1. The highest BCUT2D eigenvalue weighted by Crippen LogP contribution is 2.12. The molecule has 0 aromatic heterocycles. The Balaban J connectivity index is 1.69. The van der Waals surface area contributed by atoms with Crippen molar-refractivity contribution in [2.45, 2.75) is 18.9 Å². The van der Waals surface area contributed by atoms with Gasteiger partial charge in [-0.3, -0.25) is 0 Å². The van der Waals surface area contributed by atoms with Crippen molar-refractivity contribution in [3.63, 3.8) is 0 Å². The average Bonchev–Trinajstić information content (AvgIpc) is 2.59. The normalized spacial score (nSPS) is 32.5. The Kier molecular flexibility index (Phi) is 3.31. The first-order chi connectivity index (χ1) is 5.95. The second-order valence-corrected chi connectivity index (χ2v) is 4.93. The van der Waals surface area contributed by atoms with Gasteiger partial charge in [0.15, 0.2) is 0 Å². The molecule has 3 heteroatoms. The van der Waals surface area contributed by atoms with E-state index in [1.165, 1.54) is 50.5 Å². The van der Waals surface area contributed by atoms with E-state index >= 15 is 0 Å². The second-order valence-electron chi connectivity index (χ2n) is 3.71. The van der Waals surface area contributed by atoms with E-state index in [-0.39, 0.29) is 0 Å². The summed E-state index contributed by atoms with van der Waals surface area (Å²) in [6.45, 7) is 5.15. The zero-order valence-electron chi connectivity index (χ0n) is 7.59. The van der Waals surface area contributed by atoms with Crippen molar-refractivity contribution in [1.82, 2.24) is 10.2 Å². The lowest BCUT2D eigenvalue weighted by atomic mass is 10.2. The number of rotatable bonds is 2. The summed E-state index contributed by atoms with van der Waals surface area (Å²) in [5.74, 6) is 2.68. The molecule has 12 heavy (non-hydrogen) atoms. The molecule has 0 spiro atoms. The fourth-order valence-corrected chi connectivity index (χ4v) is 2.99. The van der Waals surface area contributed by atoms with E-state index in [9.17, 15) is 0 Å². The van der Waals surface area contributed by atoms with Crippen molar-refractivity contribution in [2.75, 3.05) is 37.7 Å². The number of thioether (sulfide) groups is 1.